The second-order valence-electron chi connectivity index (χ2n) is 7.72. The summed E-state index contributed by atoms with van der Waals surface area (Å²) in [6, 6.07) is 0. The Hall–Kier alpha value is -1.92. The van der Waals surface area contributed by atoms with Crippen LogP contribution >= 0.6 is 0 Å². The number of carbonyl (C=O) groups excluding carboxylic acids is 2. The number of allylic oxidation sites excluding steroid dienone is 1. The summed E-state index contributed by atoms with van der Waals surface area (Å²) in [7, 11) is 0. The Morgan fingerprint density at radius 2 is 2.23 bits per heavy atom. The minimum Gasteiger partial charge on any atom is -0.458 e. The lowest BCUT2D eigenvalue weighted by Crippen LogP contribution is -2.57. The van der Waals surface area contributed by atoms with Gasteiger partial charge in [-0.05, 0) is 26.7 Å². The number of aliphatic hydroxyl groups excluding tert-OH is 2. The predicted octanol–water partition coefficient (Wildman–Crippen LogP) is 1.67. The van der Waals surface area contributed by atoms with Crippen LogP contribution in [-0.4, -0.2) is 47.1 Å². The van der Waals surface area contributed by atoms with Gasteiger partial charge in [-0.2, -0.15) is 0 Å². The van der Waals surface area contributed by atoms with Gasteiger partial charge in [-0.1, -0.05) is 31.2 Å². The molecule has 142 valence electrons. The highest BCUT2D eigenvalue weighted by Gasteiger charge is 2.61. The van der Waals surface area contributed by atoms with Crippen molar-refractivity contribution in [1.82, 2.24) is 0 Å². The second kappa shape index (κ2) is 6.67. The van der Waals surface area contributed by atoms with E-state index >= 15 is 0 Å². The number of aliphatic hydroxyl groups is 2. The molecular weight excluding hydrogens is 336 g/mol. The van der Waals surface area contributed by atoms with Crippen LogP contribution in [0.4, 0.5) is 0 Å². The lowest BCUT2D eigenvalue weighted by Gasteiger charge is -2.53. The lowest BCUT2D eigenvalue weighted by molar-refractivity contribution is -0.173. The highest BCUT2D eigenvalue weighted by atomic mass is 16.6. The van der Waals surface area contributed by atoms with Gasteiger partial charge in [0, 0.05) is 16.9 Å². The summed E-state index contributed by atoms with van der Waals surface area (Å²) < 4.78 is 11.3. The maximum Gasteiger partial charge on any atom is 0.336 e. The van der Waals surface area contributed by atoms with Gasteiger partial charge < -0.3 is 19.7 Å². The zero-order chi connectivity index (χ0) is 19.2. The molecule has 2 fully saturated rings. The van der Waals surface area contributed by atoms with Crippen LogP contribution in [0.2, 0.25) is 0 Å². The highest BCUT2D eigenvalue weighted by Crippen LogP contribution is 2.56. The first-order valence-electron chi connectivity index (χ1n) is 8.96. The fraction of sp³-hybridized carbons (Fsp3) is 0.600. The summed E-state index contributed by atoms with van der Waals surface area (Å²) in [4.78, 5) is 24.6. The molecule has 26 heavy (non-hydrogen) atoms. The standard InChI is InChI=1S/C20H26O6/c1-5-12(9-21)19(24)25-13-8-20(4)14(22)7-6-10(2)16(20)17-15(13)11(3)18(23)26-17/h5-6,13-17,21-22H,3,7-9H2,1-2,4H3/b12-5+/t13-,14-,15-,16-,17+,20+/m1/s1. The number of hydrogen-bond acceptors (Lipinski definition) is 6. The van der Waals surface area contributed by atoms with Crippen molar-refractivity contribution in [2.24, 2.45) is 17.3 Å². The fourth-order valence-electron chi connectivity index (χ4n) is 4.80. The number of rotatable bonds is 3. The third-order valence-corrected chi connectivity index (χ3v) is 6.30. The van der Waals surface area contributed by atoms with E-state index in [9.17, 15) is 19.8 Å². The zero-order valence-corrected chi connectivity index (χ0v) is 15.4. The Bertz CT molecular complexity index is 705. The molecule has 1 heterocycles. The minimum absolute atomic E-state index is 0.145. The van der Waals surface area contributed by atoms with Crippen LogP contribution in [0.15, 0.2) is 35.5 Å². The van der Waals surface area contributed by atoms with E-state index < -0.39 is 48.2 Å². The third kappa shape index (κ3) is 2.72. The Morgan fingerprint density at radius 1 is 1.54 bits per heavy atom. The average molecular weight is 362 g/mol. The molecule has 1 saturated carbocycles. The molecule has 6 nitrogen and oxygen atoms in total. The molecule has 0 amide bonds. The lowest BCUT2D eigenvalue weighted by atomic mass is 9.54. The average Bonchev–Trinajstić information content (AvgIpc) is 2.87. The summed E-state index contributed by atoms with van der Waals surface area (Å²) in [6.45, 7) is 9.02. The van der Waals surface area contributed by atoms with Crippen molar-refractivity contribution in [2.75, 3.05) is 6.61 Å². The van der Waals surface area contributed by atoms with Crippen molar-refractivity contribution in [3.63, 3.8) is 0 Å². The molecule has 0 spiro atoms. The van der Waals surface area contributed by atoms with Gasteiger partial charge in [0.25, 0.3) is 0 Å². The molecule has 6 heteroatoms. The van der Waals surface area contributed by atoms with Crippen molar-refractivity contribution in [2.45, 2.75) is 51.9 Å². The van der Waals surface area contributed by atoms with Gasteiger partial charge in [-0.15, -0.1) is 0 Å². The summed E-state index contributed by atoms with van der Waals surface area (Å²) in [6.07, 6.45) is 2.62. The molecule has 0 aromatic rings. The molecule has 2 N–H and O–H groups in total. The number of hydrogen-bond donors (Lipinski definition) is 2. The summed E-state index contributed by atoms with van der Waals surface area (Å²) in [5.41, 5.74) is 0.953. The van der Waals surface area contributed by atoms with Crippen LogP contribution < -0.4 is 0 Å². The smallest absolute Gasteiger partial charge is 0.336 e. The van der Waals surface area contributed by atoms with Crippen LogP contribution in [0.1, 0.15) is 33.6 Å². The second-order valence-corrected chi connectivity index (χ2v) is 7.72. The van der Waals surface area contributed by atoms with E-state index in [0.717, 1.165) is 5.57 Å². The van der Waals surface area contributed by atoms with E-state index in [1.54, 1.807) is 6.92 Å². The topological polar surface area (TPSA) is 93.1 Å². The number of esters is 2. The Kier molecular flexibility index (Phi) is 4.84. The maximum atomic E-state index is 12.4. The molecule has 0 aromatic carbocycles. The van der Waals surface area contributed by atoms with Crippen molar-refractivity contribution in [1.29, 1.82) is 0 Å². The normalized spacial score (nSPS) is 39.7. The Balaban J connectivity index is 1.99. The molecule has 1 saturated heterocycles. The van der Waals surface area contributed by atoms with E-state index in [1.807, 2.05) is 19.9 Å². The summed E-state index contributed by atoms with van der Waals surface area (Å²) >= 11 is 0. The predicted molar refractivity (Wildman–Crippen MR) is 93.8 cm³/mol. The van der Waals surface area contributed by atoms with Crippen molar-refractivity contribution >= 4 is 11.9 Å². The molecule has 1 aliphatic heterocycles. The molecule has 0 unspecified atom stereocenters. The Labute approximate surface area is 153 Å². The van der Waals surface area contributed by atoms with Gasteiger partial charge in [0.2, 0.25) is 0 Å². The van der Waals surface area contributed by atoms with E-state index in [0.29, 0.717) is 18.4 Å². The van der Waals surface area contributed by atoms with Crippen LogP contribution in [0.3, 0.4) is 0 Å². The van der Waals surface area contributed by atoms with Gasteiger partial charge in [-0.3, -0.25) is 0 Å². The van der Waals surface area contributed by atoms with E-state index in [2.05, 4.69) is 6.58 Å². The number of carbonyl (C=O) groups is 2. The van der Waals surface area contributed by atoms with Gasteiger partial charge in [0.15, 0.2) is 0 Å². The van der Waals surface area contributed by atoms with Gasteiger partial charge in [-0.25, -0.2) is 9.59 Å². The fourth-order valence-corrected chi connectivity index (χ4v) is 4.80. The molecule has 3 aliphatic rings. The van der Waals surface area contributed by atoms with Crippen LogP contribution in [0.25, 0.3) is 0 Å². The minimum atomic E-state index is -0.644. The van der Waals surface area contributed by atoms with Crippen molar-refractivity contribution < 1.29 is 29.3 Å². The van der Waals surface area contributed by atoms with Crippen molar-refractivity contribution in [3.05, 3.63) is 35.5 Å². The number of ether oxygens (including phenoxy) is 2. The molecule has 0 bridgehead atoms. The van der Waals surface area contributed by atoms with Crippen LogP contribution in [0.5, 0.6) is 0 Å². The van der Waals surface area contributed by atoms with Gasteiger partial charge >= 0.3 is 11.9 Å². The largest absolute Gasteiger partial charge is 0.458 e. The van der Waals surface area contributed by atoms with E-state index in [-0.39, 0.29) is 11.5 Å². The third-order valence-electron chi connectivity index (χ3n) is 6.30. The summed E-state index contributed by atoms with van der Waals surface area (Å²) in [5, 5.41) is 20.0. The molecular formula is C20H26O6. The SMILES string of the molecule is C=C1C(=O)O[C@H]2[C@H]1[C@H](OC(=O)/C(=C/C)CO)C[C@@]1(C)[C@H](O)CC=C(C)[C@H]21. The molecule has 2 aliphatic carbocycles. The summed E-state index contributed by atoms with van der Waals surface area (Å²) in [5.74, 6) is -1.69. The van der Waals surface area contributed by atoms with E-state index in [1.165, 1.54) is 6.08 Å². The molecule has 0 radical (unpaired) electrons. The molecule has 0 aromatic heterocycles. The maximum absolute atomic E-state index is 12.4. The monoisotopic (exact) mass is 362 g/mol. The number of fused-ring (bicyclic) bond motifs is 3. The van der Waals surface area contributed by atoms with Crippen molar-refractivity contribution in [3.8, 4) is 0 Å². The highest BCUT2D eigenvalue weighted by molar-refractivity contribution is 5.92. The van der Waals surface area contributed by atoms with Crippen LogP contribution in [0, 0.1) is 17.3 Å². The van der Waals surface area contributed by atoms with Crippen LogP contribution in [-0.2, 0) is 19.1 Å². The van der Waals surface area contributed by atoms with E-state index in [4.69, 9.17) is 9.47 Å². The first kappa shape index (κ1) is 18.9. The first-order chi connectivity index (χ1) is 12.2. The first-order valence-corrected chi connectivity index (χ1v) is 8.96. The zero-order valence-electron chi connectivity index (χ0n) is 15.4. The van der Waals surface area contributed by atoms with Gasteiger partial charge in [0.1, 0.15) is 12.2 Å². The molecule has 3 rings (SSSR count). The quantitative estimate of drug-likeness (QED) is 0.451. The van der Waals surface area contributed by atoms with Gasteiger partial charge in [0.05, 0.1) is 24.2 Å². The molecule has 6 atom stereocenters. The Morgan fingerprint density at radius 3 is 2.85 bits per heavy atom.